The number of nitrogens with zero attached hydrogens (tertiary/aromatic N) is 1. The summed E-state index contributed by atoms with van der Waals surface area (Å²) in [6.07, 6.45) is 0.827. The molecule has 6 nitrogen and oxygen atoms in total. The van der Waals surface area contributed by atoms with Crippen LogP contribution in [-0.2, 0) is 14.8 Å². The molecule has 1 aromatic rings. The van der Waals surface area contributed by atoms with E-state index in [1.165, 1.54) is 4.31 Å². The fourth-order valence-corrected chi connectivity index (χ4v) is 3.84. The average Bonchev–Trinajstić information content (AvgIpc) is 2.98. The minimum absolute atomic E-state index is 0. The van der Waals surface area contributed by atoms with Crippen LogP contribution >= 0.6 is 12.4 Å². The van der Waals surface area contributed by atoms with E-state index >= 15 is 0 Å². The minimum Gasteiger partial charge on any atom is -0.491 e. The van der Waals surface area contributed by atoms with Crippen LogP contribution < -0.4 is 10.5 Å². The summed E-state index contributed by atoms with van der Waals surface area (Å²) < 4.78 is 36.8. The number of methoxy groups -OCH3 is 1. The van der Waals surface area contributed by atoms with Gasteiger partial charge in [0.25, 0.3) is 0 Å². The predicted molar refractivity (Wildman–Crippen MR) is 87.0 cm³/mol. The quantitative estimate of drug-likeness (QED) is 0.745. The number of sulfonamides is 1. The summed E-state index contributed by atoms with van der Waals surface area (Å²) in [6, 6.07) is 6.48. The summed E-state index contributed by atoms with van der Waals surface area (Å²) in [5.74, 6) is 0.892. The second-order valence-corrected chi connectivity index (χ2v) is 7.00. The monoisotopic (exact) mass is 350 g/mol. The Balaban J connectivity index is 0.00000242. The van der Waals surface area contributed by atoms with Gasteiger partial charge in [-0.3, -0.25) is 0 Å². The van der Waals surface area contributed by atoms with E-state index in [0.29, 0.717) is 43.5 Å². The van der Waals surface area contributed by atoms with Crippen molar-refractivity contribution in [2.24, 2.45) is 11.7 Å². The highest BCUT2D eigenvalue weighted by Crippen LogP contribution is 2.25. The standard InChI is InChI=1S/C14H22N2O4S.ClH/c1-19-8-9-20-13-2-4-14(5-3-13)21(17,18)16-7-6-12(10-15)11-16;/h2-5,12H,6-11,15H2,1H3;1H. The summed E-state index contributed by atoms with van der Waals surface area (Å²) >= 11 is 0. The summed E-state index contributed by atoms with van der Waals surface area (Å²) in [6.45, 7) is 2.50. The topological polar surface area (TPSA) is 81.9 Å². The van der Waals surface area contributed by atoms with Gasteiger partial charge in [0.05, 0.1) is 11.5 Å². The first-order valence-electron chi connectivity index (χ1n) is 7.00. The van der Waals surface area contributed by atoms with Crippen LogP contribution in [0.25, 0.3) is 0 Å². The number of hydrogen-bond donors (Lipinski definition) is 1. The van der Waals surface area contributed by atoms with Gasteiger partial charge in [-0.2, -0.15) is 4.31 Å². The van der Waals surface area contributed by atoms with Crippen molar-refractivity contribution >= 4 is 22.4 Å². The van der Waals surface area contributed by atoms with E-state index in [4.69, 9.17) is 15.2 Å². The average molecular weight is 351 g/mol. The lowest BCUT2D eigenvalue weighted by atomic mass is 10.1. The first-order valence-corrected chi connectivity index (χ1v) is 8.44. The number of benzene rings is 1. The molecule has 1 atom stereocenters. The molecule has 1 unspecified atom stereocenters. The molecule has 0 amide bonds. The van der Waals surface area contributed by atoms with Gasteiger partial charge in [0.1, 0.15) is 12.4 Å². The zero-order chi connectivity index (χ0) is 15.3. The van der Waals surface area contributed by atoms with E-state index in [9.17, 15) is 8.42 Å². The van der Waals surface area contributed by atoms with Crippen LogP contribution in [0, 0.1) is 5.92 Å². The zero-order valence-electron chi connectivity index (χ0n) is 12.6. The van der Waals surface area contributed by atoms with Crippen LogP contribution in [0.3, 0.4) is 0 Å². The number of ether oxygens (including phenoxy) is 2. The summed E-state index contributed by atoms with van der Waals surface area (Å²) in [5, 5.41) is 0. The Morgan fingerprint density at radius 3 is 2.50 bits per heavy atom. The van der Waals surface area contributed by atoms with Crippen LogP contribution in [0.1, 0.15) is 6.42 Å². The van der Waals surface area contributed by atoms with Crippen molar-refractivity contribution in [2.45, 2.75) is 11.3 Å². The van der Waals surface area contributed by atoms with E-state index in [-0.39, 0.29) is 18.3 Å². The van der Waals surface area contributed by atoms with Gasteiger partial charge in [-0.25, -0.2) is 8.42 Å². The van der Waals surface area contributed by atoms with Crippen LogP contribution in [0.2, 0.25) is 0 Å². The van der Waals surface area contributed by atoms with Gasteiger partial charge in [-0.15, -0.1) is 12.4 Å². The maximum atomic E-state index is 12.5. The van der Waals surface area contributed by atoms with Gasteiger partial charge in [-0.1, -0.05) is 0 Å². The summed E-state index contributed by atoms with van der Waals surface area (Å²) in [7, 11) is -1.83. The molecular formula is C14H23ClN2O4S. The van der Waals surface area contributed by atoms with Crippen LogP contribution in [0.5, 0.6) is 5.75 Å². The molecule has 22 heavy (non-hydrogen) atoms. The van der Waals surface area contributed by atoms with E-state index in [0.717, 1.165) is 6.42 Å². The molecule has 1 aliphatic heterocycles. The van der Waals surface area contributed by atoms with Gasteiger partial charge in [0.2, 0.25) is 10.0 Å². The predicted octanol–water partition coefficient (Wildman–Crippen LogP) is 1.10. The second-order valence-electron chi connectivity index (χ2n) is 5.07. The van der Waals surface area contributed by atoms with Crippen LogP contribution in [-0.4, -0.2) is 52.7 Å². The molecule has 0 aromatic heterocycles. The Hall–Kier alpha value is -0.860. The first-order chi connectivity index (χ1) is 10.1. The lowest BCUT2D eigenvalue weighted by molar-refractivity contribution is 0.146. The molecule has 0 aliphatic carbocycles. The van der Waals surface area contributed by atoms with Crippen molar-refractivity contribution in [3.05, 3.63) is 24.3 Å². The molecule has 0 radical (unpaired) electrons. The summed E-state index contributed by atoms with van der Waals surface area (Å²) in [5.41, 5.74) is 5.61. The van der Waals surface area contributed by atoms with Crippen LogP contribution in [0.4, 0.5) is 0 Å². The van der Waals surface area contributed by atoms with E-state index in [2.05, 4.69) is 0 Å². The molecule has 0 saturated carbocycles. The molecule has 0 spiro atoms. The lowest BCUT2D eigenvalue weighted by Crippen LogP contribution is -2.30. The second kappa shape index (κ2) is 8.69. The van der Waals surface area contributed by atoms with Crippen molar-refractivity contribution in [2.75, 3.05) is 40.0 Å². The number of rotatable bonds is 7. The van der Waals surface area contributed by atoms with Gasteiger partial charge < -0.3 is 15.2 Å². The minimum atomic E-state index is -3.43. The Morgan fingerprint density at radius 1 is 1.27 bits per heavy atom. The molecular weight excluding hydrogens is 328 g/mol. The molecule has 126 valence electrons. The maximum Gasteiger partial charge on any atom is 0.243 e. The highest BCUT2D eigenvalue weighted by Gasteiger charge is 2.31. The Kier molecular flexibility index (Phi) is 7.58. The highest BCUT2D eigenvalue weighted by atomic mass is 35.5. The molecule has 8 heteroatoms. The fraction of sp³-hybridized carbons (Fsp3) is 0.571. The molecule has 0 bridgehead atoms. The number of halogens is 1. The van der Waals surface area contributed by atoms with Gasteiger partial charge in [-0.05, 0) is 43.1 Å². The van der Waals surface area contributed by atoms with Crippen molar-refractivity contribution in [3.8, 4) is 5.75 Å². The first kappa shape index (κ1) is 19.2. The Labute approximate surface area is 138 Å². The zero-order valence-corrected chi connectivity index (χ0v) is 14.2. The molecule has 1 aromatic carbocycles. The molecule has 2 rings (SSSR count). The number of hydrogen-bond acceptors (Lipinski definition) is 5. The fourth-order valence-electron chi connectivity index (χ4n) is 2.31. The molecule has 1 heterocycles. The summed E-state index contributed by atoms with van der Waals surface area (Å²) in [4.78, 5) is 0.291. The smallest absolute Gasteiger partial charge is 0.243 e. The Morgan fingerprint density at radius 2 is 1.95 bits per heavy atom. The van der Waals surface area contributed by atoms with Gasteiger partial charge in [0.15, 0.2) is 0 Å². The van der Waals surface area contributed by atoms with Crippen molar-refractivity contribution in [3.63, 3.8) is 0 Å². The third-order valence-electron chi connectivity index (χ3n) is 3.60. The van der Waals surface area contributed by atoms with E-state index < -0.39 is 10.0 Å². The highest BCUT2D eigenvalue weighted by molar-refractivity contribution is 7.89. The molecule has 1 fully saturated rings. The van der Waals surface area contributed by atoms with Crippen molar-refractivity contribution in [1.82, 2.24) is 4.31 Å². The largest absolute Gasteiger partial charge is 0.491 e. The normalized spacial score (nSPS) is 18.9. The van der Waals surface area contributed by atoms with Gasteiger partial charge >= 0.3 is 0 Å². The molecule has 2 N–H and O–H groups in total. The third kappa shape index (κ3) is 4.57. The Bertz CT molecular complexity index is 550. The lowest BCUT2D eigenvalue weighted by Gasteiger charge is -2.16. The molecule has 1 saturated heterocycles. The maximum absolute atomic E-state index is 12.5. The third-order valence-corrected chi connectivity index (χ3v) is 5.48. The van der Waals surface area contributed by atoms with E-state index in [1.54, 1.807) is 31.4 Å². The van der Waals surface area contributed by atoms with Gasteiger partial charge in [0, 0.05) is 20.2 Å². The van der Waals surface area contributed by atoms with Crippen molar-refractivity contribution in [1.29, 1.82) is 0 Å². The van der Waals surface area contributed by atoms with E-state index in [1.807, 2.05) is 0 Å². The number of nitrogens with two attached hydrogens (primary N) is 1. The van der Waals surface area contributed by atoms with Crippen molar-refractivity contribution < 1.29 is 17.9 Å². The molecule has 1 aliphatic rings. The van der Waals surface area contributed by atoms with Crippen LogP contribution in [0.15, 0.2) is 29.2 Å². The SMILES string of the molecule is COCCOc1ccc(S(=O)(=O)N2CCC(CN)C2)cc1.Cl.